The quantitative estimate of drug-likeness (QED) is 0.376. The van der Waals surface area contributed by atoms with Crippen LogP contribution in [0.4, 0.5) is 0 Å². The van der Waals surface area contributed by atoms with Gasteiger partial charge in [-0.25, -0.2) is 0 Å². The van der Waals surface area contributed by atoms with Gasteiger partial charge in [-0.2, -0.15) is 0 Å². The van der Waals surface area contributed by atoms with E-state index in [0.717, 1.165) is 12.5 Å². The Morgan fingerprint density at radius 3 is 2.70 bits per heavy atom. The fourth-order valence-electron chi connectivity index (χ4n) is 5.18. The normalized spacial score (nSPS) is 22.7. The summed E-state index contributed by atoms with van der Waals surface area (Å²) in [5.74, 6) is 2.16. The molecule has 1 aromatic carbocycles. The summed E-state index contributed by atoms with van der Waals surface area (Å²) in [5, 5.41) is 0. The Labute approximate surface area is 186 Å². The summed E-state index contributed by atoms with van der Waals surface area (Å²) < 4.78 is 0. The van der Waals surface area contributed by atoms with E-state index in [2.05, 4.69) is 75.6 Å². The highest BCUT2D eigenvalue weighted by atomic mass is 15.1. The SMILES string of the molecule is C=C(C)[C@@H]1CC=C(CC2CN(CCC(C)CCC=C(C)C)Cc3ccccc32)CC1. The number of allylic oxidation sites excluding steroid dienone is 5. The highest BCUT2D eigenvalue weighted by Crippen LogP contribution is 2.37. The molecule has 0 spiro atoms. The summed E-state index contributed by atoms with van der Waals surface area (Å²) >= 11 is 0. The molecular weight excluding hydrogens is 362 g/mol. The number of fused-ring (bicyclic) bond motifs is 1. The van der Waals surface area contributed by atoms with Crippen LogP contribution >= 0.6 is 0 Å². The molecule has 0 aromatic heterocycles. The van der Waals surface area contributed by atoms with Crippen molar-refractivity contribution in [1.29, 1.82) is 0 Å². The number of benzene rings is 1. The summed E-state index contributed by atoms with van der Waals surface area (Å²) in [7, 11) is 0. The zero-order valence-electron chi connectivity index (χ0n) is 19.9. The minimum absolute atomic E-state index is 0.656. The smallest absolute Gasteiger partial charge is 0.0236 e. The Hall–Kier alpha value is -1.60. The van der Waals surface area contributed by atoms with Crippen LogP contribution in [-0.4, -0.2) is 18.0 Å². The summed E-state index contributed by atoms with van der Waals surface area (Å²) in [5.41, 5.74) is 7.65. The third kappa shape index (κ3) is 6.71. The molecular formula is C29H43N. The maximum absolute atomic E-state index is 4.18. The van der Waals surface area contributed by atoms with Gasteiger partial charge in [0.25, 0.3) is 0 Å². The number of hydrogen-bond donors (Lipinski definition) is 0. The van der Waals surface area contributed by atoms with Crippen molar-refractivity contribution >= 4 is 0 Å². The largest absolute Gasteiger partial charge is 0.298 e. The molecule has 0 amide bonds. The highest BCUT2D eigenvalue weighted by molar-refractivity contribution is 5.34. The maximum atomic E-state index is 4.18. The van der Waals surface area contributed by atoms with Crippen molar-refractivity contribution in [3.8, 4) is 0 Å². The molecule has 0 radical (unpaired) electrons. The van der Waals surface area contributed by atoms with E-state index in [0.29, 0.717) is 11.8 Å². The van der Waals surface area contributed by atoms with Crippen LogP contribution in [-0.2, 0) is 6.54 Å². The summed E-state index contributed by atoms with van der Waals surface area (Å²) in [6.45, 7) is 16.8. The van der Waals surface area contributed by atoms with Gasteiger partial charge in [0.15, 0.2) is 0 Å². The Morgan fingerprint density at radius 1 is 1.20 bits per heavy atom. The van der Waals surface area contributed by atoms with Gasteiger partial charge in [-0.15, -0.1) is 0 Å². The lowest BCUT2D eigenvalue weighted by atomic mass is 9.79. The van der Waals surface area contributed by atoms with E-state index in [1.807, 2.05) is 0 Å². The van der Waals surface area contributed by atoms with Gasteiger partial charge in [-0.3, -0.25) is 4.90 Å². The first-order chi connectivity index (χ1) is 14.4. The number of rotatable bonds is 9. The van der Waals surface area contributed by atoms with Gasteiger partial charge < -0.3 is 0 Å². The topological polar surface area (TPSA) is 3.24 Å². The van der Waals surface area contributed by atoms with Crippen molar-refractivity contribution in [2.45, 2.75) is 85.1 Å². The number of nitrogens with zero attached hydrogens (tertiary/aromatic N) is 1. The van der Waals surface area contributed by atoms with E-state index in [4.69, 9.17) is 0 Å². The monoisotopic (exact) mass is 405 g/mol. The highest BCUT2D eigenvalue weighted by Gasteiger charge is 2.27. The molecule has 1 nitrogen and oxygen atoms in total. The average molecular weight is 406 g/mol. The van der Waals surface area contributed by atoms with E-state index < -0.39 is 0 Å². The molecule has 1 aromatic rings. The second-order valence-corrected chi connectivity index (χ2v) is 10.3. The van der Waals surface area contributed by atoms with Gasteiger partial charge in [0.1, 0.15) is 0 Å². The molecule has 1 heteroatoms. The molecule has 1 aliphatic heterocycles. The van der Waals surface area contributed by atoms with E-state index in [1.165, 1.54) is 69.2 Å². The summed E-state index contributed by atoms with van der Waals surface area (Å²) in [6, 6.07) is 9.20. The van der Waals surface area contributed by atoms with Crippen LogP contribution < -0.4 is 0 Å². The van der Waals surface area contributed by atoms with Crippen LogP contribution in [0.2, 0.25) is 0 Å². The predicted molar refractivity (Wildman–Crippen MR) is 132 cm³/mol. The van der Waals surface area contributed by atoms with Crippen molar-refractivity contribution in [2.75, 3.05) is 13.1 Å². The molecule has 0 saturated carbocycles. The van der Waals surface area contributed by atoms with Crippen molar-refractivity contribution in [3.05, 3.63) is 70.8 Å². The summed E-state index contributed by atoms with van der Waals surface area (Å²) in [6.07, 6.45) is 13.8. The Balaban J connectivity index is 1.59. The fourth-order valence-corrected chi connectivity index (χ4v) is 5.18. The van der Waals surface area contributed by atoms with Crippen molar-refractivity contribution in [1.82, 2.24) is 4.90 Å². The van der Waals surface area contributed by atoms with Gasteiger partial charge in [0.05, 0.1) is 0 Å². The molecule has 0 saturated heterocycles. The third-order valence-corrected chi connectivity index (χ3v) is 7.23. The second kappa shape index (κ2) is 11.1. The molecule has 164 valence electrons. The predicted octanol–water partition coefficient (Wildman–Crippen LogP) is 8.05. The lowest BCUT2D eigenvalue weighted by molar-refractivity contribution is 0.212. The van der Waals surface area contributed by atoms with Crippen LogP contribution in [0.25, 0.3) is 0 Å². The first-order valence-corrected chi connectivity index (χ1v) is 12.2. The fraction of sp³-hybridized carbons (Fsp3) is 0.586. The molecule has 3 atom stereocenters. The molecule has 3 rings (SSSR count). The van der Waals surface area contributed by atoms with E-state index >= 15 is 0 Å². The minimum Gasteiger partial charge on any atom is -0.298 e. The van der Waals surface area contributed by atoms with Crippen molar-refractivity contribution in [3.63, 3.8) is 0 Å². The van der Waals surface area contributed by atoms with Crippen LogP contribution in [0.5, 0.6) is 0 Å². The van der Waals surface area contributed by atoms with Crippen molar-refractivity contribution < 1.29 is 0 Å². The van der Waals surface area contributed by atoms with Gasteiger partial charge in [-0.05, 0) is 95.2 Å². The first kappa shape index (κ1) is 23.1. The zero-order valence-corrected chi connectivity index (χ0v) is 19.9. The Morgan fingerprint density at radius 2 is 2.00 bits per heavy atom. The maximum Gasteiger partial charge on any atom is 0.0236 e. The second-order valence-electron chi connectivity index (χ2n) is 10.3. The first-order valence-electron chi connectivity index (χ1n) is 12.2. The minimum atomic E-state index is 0.656. The van der Waals surface area contributed by atoms with Crippen LogP contribution in [0.1, 0.15) is 89.7 Å². The molecule has 1 heterocycles. The number of hydrogen-bond acceptors (Lipinski definition) is 1. The molecule has 0 fully saturated rings. The molecule has 1 aliphatic carbocycles. The average Bonchev–Trinajstić information content (AvgIpc) is 2.72. The Bertz CT molecular complexity index is 764. The van der Waals surface area contributed by atoms with Gasteiger partial charge in [0.2, 0.25) is 0 Å². The zero-order chi connectivity index (χ0) is 21.5. The van der Waals surface area contributed by atoms with Crippen LogP contribution in [0.15, 0.2) is 59.7 Å². The molecule has 0 N–H and O–H groups in total. The lowest BCUT2D eigenvalue weighted by Crippen LogP contribution is -2.35. The van der Waals surface area contributed by atoms with Crippen LogP contribution in [0, 0.1) is 11.8 Å². The van der Waals surface area contributed by atoms with E-state index in [1.54, 1.807) is 16.7 Å². The lowest BCUT2D eigenvalue weighted by Gasteiger charge is -2.36. The van der Waals surface area contributed by atoms with Gasteiger partial charge in [-0.1, -0.05) is 66.6 Å². The standard InChI is InChI=1S/C29H43N/c1-22(2)9-8-10-24(5)17-18-30-20-27-11-6-7-12-29(27)28(21-30)19-25-13-15-26(16-14-25)23(3)4/h6-7,9,11-13,24,26,28H,3,8,10,14-21H2,1-2,4-5H3/t24?,26-,28?/m1/s1. The molecule has 2 aliphatic rings. The molecule has 2 unspecified atom stereocenters. The van der Waals surface area contributed by atoms with E-state index in [9.17, 15) is 0 Å². The molecule has 0 bridgehead atoms. The van der Waals surface area contributed by atoms with E-state index in [-0.39, 0.29) is 0 Å². The van der Waals surface area contributed by atoms with Crippen molar-refractivity contribution in [2.24, 2.45) is 11.8 Å². The van der Waals surface area contributed by atoms with Gasteiger partial charge >= 0.3 is 0 Å². The van der Waals surface area contributed by atoms with Gasteiger partial charge in [0, 0.05) is 19.0 Å². The van der Waals surface area contributed by atoms with Crippen LogP contribution in [0.3, 0.4) is 0 Å². The Kier molecular flexibility index (Phi) is 8.57. The molecule has 30 heavy (non-hydrogen) atoms. The summed E-state index contributed by atoms with van der Waals surface area (Å²) in [4.78, 5) is 2.73. The third-order valence-electron chi connectivity index (χ3n) is 7.23.